The van der Waals surface area contributed by atoms with Crippen molar-refractivity contribution in [3.63, 3.8) is 0 Å². The first kappa shape index (κ1) is 26.1. The van der Waals surface area contributed by atoms with Crippen LogP contribution in [0.5, 0.6) is 0 Å². The molecule has 0 atom stereocenters. The van der Waals surface area contributed by atoms with E-state index in [-0.39, 0.29) is 23.8 Å². The highest BCUT2D eigenvalue weighted by atomic mass is 19.1. The quantitative estimate of drug-likeness (QED) is 0.276. The summed E-state index contributed by atoms with van der Waals surface area (Å²) >= 11 is 0. The number of H-pyrrole nitrogens is 1. The Hall–Kier alpha value is -5.57. The number of anilines is 2. The predicted molar refractivity (Wildman–Crippen MR) is 145 cm³/mol. The molecule has 0 unspecified atom stereocenters. The first-order valence-electron chi connectivity index (χ1n) is 12.2. The fourth-order valence-corrected chi connectivity index (χ4v) is 4.00. The topological polar surface area (TPSA) is 158 Å². The van der Waals surface area contributed by atoms with Crippen LogP contribution in [0.15, 0.2) is 55.0 Å². The molecule has 0 aliphatic heterocycles. The van der Waals surface area contributed by atoms with E-state index in [0.29, 0.717) is 45.5 Å². The maximum atomic E-state index is 13.6. The first-order valence-corrected chi connectivity index (χ1v) is 12.2. The minimum absolute atomic E-state index is 0.243. The molecule has 11 nitrogen and oxygen atoms in total. The van der Waals surface area contributed by atoms with Gasteiger partial charge in [0.25, 0.3) is 5.91 Å². The molecule has 3 N–H and O–H groups in total. The Bertz CT molecular complexity index is 1760. The Morgan fingerprint density at radius 2 is 1.88 bits per heavy atom. The molecule has 0 saturated heterocycles. The van der Waals surface area contributed by atoms with Crippen LogP contribution in [0.25, 0.3) is 22.6 Å². The zero-order chi connectivity index (χ0) is 28.2. The predicted octanol–water partition coefficient (Wildman–Crippen LogP) is 4.33. The molecular weight excluding hydrogens is 511 g/mol. The summed E-state index contributed by atoms with van der Waals surface area (Å²) in [5.74, 6) is 0.702. The number of amides is 1. The molecule has 0 aromatic carbocycles. The van der Waals surface area contributed by atoms with Crippen LogP contribution in [0, 0.1) is 37.9 Å². The monoisotopic (exact) mass is 534 g/mol. The normalized spacial score (nSPS) is 10.7. The van der Waals surface area contributed by atoms with Gasteiger partial charge in [0, 0.05) is 53.6 Å². The Labute approximate surface area is 228 Å². The van der Waals surface area contributed by atoms with Crippen molar-refractivity contribution in [2.45, 2.75) is 27.3 Å². The number of carbonyl (C=O) groups excluding carboxylic acids is 1. The number of hydrogen-bond acceptors (Lipinski definition) is 9. The Balaban J connectivity index is 1.27. The van der Waals surface area contributed by atoms with E-state index >= 15 is 0 Å². The van der Waals surface area contributed by atoms with Crippen LogP contribution in [0.1, 0.15) is 38.7 Å². The van der Waals surface area contributed by atoms with Crippen LogP contribution < -0.4 is 10.6 Å². The van der Waals surface area contributed by atoms with Gasteiger partial charge in [-0.15, -0.1) is 0 Å². The lowest BCUT2D eigenvalue weighted by molar-refractivity contribution is 0.0945. The number of nitrogens with one attached hydrogen (secondary N) is 3. The van der Waals surface area contributed by atoms with Crippen LogP contribution in [-0.4, -0.2) is 41.0 Å². The lowest BCUT2D eigenvalue weighted by Gasteiger charge is -2.10. The fourth-order valence-electron chi connectivity index (χ4n) is 4.00. The highest BCUT2D eigenvalue weighted by molar-refractivity contribution is 5.94. The largest absolute Gasteiger partial charge is 0.347 e. The van der Waals surface area contributed by atoms with Crippen molar-refractivity contribution in [1.29, 1.82) is 5.26 Å². The van der Waals surface area contributed by atoms with Gasteiger partial charge in [-0.2, -0.15) is 10.4 Å². The van der Waals surface area contributed by atoms with Crippen LogP contribution in [0.4, 0.5) is 16.0 Å². The van der Waals surface area contributed by atoms with E-state index in [1.807, 2.05) is 19.1 Å². The van der Waals surface area contributed by atoms with E-state index < -0.39 is 5.82 Å². The molecule has 0 radical (unpaired) electrons. The van der Waals surface area contributed by atoms with Gasteiger partial charge in [0.15, 0.2) is 11.5 Å². The summed E-state index contributed by atoms with van der Waals surface area (Å²) in [6.45, 7) is 5.66. The van der Waals surface area contributed by atoms with Gasteiger partial charge in [0.2, 0.25) is 0 Å². The van der Waals surface area contributed by atoms with Gasteiger partial charge in [-0.1, -0.05) is 6.07 Å². The molecule has 5 aromatic rings. The highest BCUT2D eigenvalue weighted by Gasteiger charge is 2.14. The van der Waals surface area contributed by atoms with Gasteiger partial charge in [0.1, 0.15) is 29.2 Å². The average Bonchev–Trinajstić information content (AvgIpc) is 3.40. The van der Waals surface area contributed by atoms with E-state index in [9.17, 15) is 9.18 Å². The summed E-state index contributed by atoms with van der Waals surface area (Å²) in [5.41, 5.74) is 5.22. The molecule has 40 heavy (non-hydrogen) atoms. The van der Waals surface area contributed by atoms with Crippen molar-refractivity contribution in [2.75, 3.05) is 5.32 Å². The summed E-state index contributed by atoms with van der Waals surface area (Å²) in [6, 6.07) is 12.1. The number of aryl methyl sites for hydroxylation is 3. The second-order valence-corrected chi connectivity index (χ2v) is 9.03. The van der Waals surface area contributed by atoms with Crippen molar-refractivity contribution in [1.82, 2.24) is 40.4 Å². The molecule has 0 aliphatic rings. The van der Waals surface area contributed by atoms with Crippen molar-refractivity contribution in [2.24, 2.45) is 0 Å². The number of nitriles is 1. The number of pyridine rings is 3. The maximum Gasteiger partial charge on any atom is 0.270 e. The molecule has 5 aromatic heterocycles. The summed E-state index contributed by atoms with van der Waals surface area (Å²) < 4.78 is 13.6. The Morgan fingerprint density at radius 1 is 1.02 bits per heavy atom. The van der Waals surface area contributed by atoms with E-state index in [2.05, 4.69) is 45.8 Å². The molecule has 1 amide bonds. The van der Waals surface area contributed by atoms with Gasteiger partial charge in [-0.25, -0.2) is 14.4 Å². The molecule has 5 rings (SSSR count). The van der Waals surface area contributed by atoms with Crippen LogP contribution in [0.2, 0.25) is 0 Å². The summed E-state index contributed by atoms with van der Waals surface area (Å²) in [5, 5.41) is 21.5. The zero-order valence-corrected chi connectivity index (χ0v) is 21.8. The number of rotatable bonds is 7. The molecule has 0 bridgehead atoms. The van der Waals surface area contributed by atoms with Crippen molar-refractivity contribution in [3.05, 3.63) is 94.7 Å². The lowest BCUT2D eigenvalue weighted by atomic mass is 10.1. The van der Waals surface area contributed by atoms with E-state index in [1.54, 1.807) is 50.5 Å². The third-order valence-corrected chi connectivity index (χ3v) is 5.97. The van der Waals surface area contributed by atoms with Crippen LogP contribution in [-0.2, 0) is 6.54 Å². The van der Waals surface area contributed by atoms with E-state index in [0.717, 1.165) is 11.3 Å². The Morgan fingerprint density at radius 3 is 2.60 bits per heavy atom. The minimum Gasteiger partial charge on any atom is -0.347 e. The number of aromatic nitrogens is 7. The summed E-state index contributed by atoms with van der Waals surface area (Å²) in [4.78, 5) is 34.7. The van der Waals surface area contributed by atoms with Gasteiger partial charge >= 0.3 is 0 Å². The van der Waals surface area contributed by atoms with Gasteiger partial charge in [0.05, 0.1) is 11.9 Å². The zero-order valence-electron chi connectivity index (χ0n) is 21.8. The standard InChI is InChI=1S/C28H23FN10O/c1-15-6-19(27-35-16(2)7-24(37-27)36-25-9-21(10-30)38-39-25)13-33-26(15)28(40)34-12-18-4-5-23(32-11-18)22-8-20(29)14-31-17(22)3/h4-9,11,13-14H,12H2,1-3H3,(H,34,40)(H2,35,36,37,38,39). The second kappa shape index (κ2) is 11.0. The lowest BCUT2D eigenvalue weighted by Crippen LogP contribution is -2.24. The SMILES string of the molecule is Cc1cc(Nc2cc(C#N)n[nH]2)nc(-c2cnc(C(=O)NCc3ccc(-c4cc(F)cnc4C)nc3)c(C)c2)n1. The highest BCUT2D eigenvalue weighted by Crippen LogP contribution is 2.23. The van der Waals surface area contributed by atoms with E-state index in [1.165, 1.54) is 12.3 Å². The molecule has 5 heterocycles. The van der Waals surface area contributed by atoms with Crippen LogP contribution in [0.3, 0.4) is 0 Å². The first-order chi connectivity index (χ1) is 19.3. The van der Waals surface area contributed by atoms with E-state index in [4.69, 9.17) is 5.26 Å². The molecule has 198 valence electrons. The van der Waals surface area contributed by atoms with Crippen molar-refractivity contribution in [3.8, 4) is 28.7 Å². The molecule has 0 aliphatic carbocycles. The smallest absolute Gasteiger partial charge is 0.270 e. The molecule has 0 fully saturated rings. The molecule has 0 spiro atoms. The van der Waals surface area contributed by atoms with Gasteiger partial charge in [-0.3, -0.25) is 24.8 Å². The van der Waals surface area contributed by atoms with Crippen molar-refractivity contribution < 1.29 is 9.18 Å². The van der Waals surface area contributed by atoms with Crippen molar-refractivity contribution >= 4 is 17.5 Å². The summed E-state index contributed by atoms with van der Waals surface area (Å²) in [7, 11) is 0. The summed E-state index contributed by atoms with van der Waals surface area (Å²) in [6.07, 6.45) is 4.35. The number of nitrogens with zero attached hydrogens (tertiary/aromatic N) is 7. The minimum atomic E-state index is -0.428. The molecule has 12 heteroatoms. The Kier molecular flexibility index (Phi) is 7.19. The molecule has 0 saturated carbocycles. The second-order valence-electron chi connectivity index (χ2n) is 9.03. The number of hydrogen-bond donors (Lipinski definition) is 3. The number of carbonyl (C=O) groups is 1. The fraction of sp³-hybridized carbons (Fsp3) is 0.143. The maximum absolute atomic E-state index is 13.6. The number of aromatic amines is 1. The third kappa shape index (κ3) is 5.78. The number of halogens is 1. The molecular formula is C28H23FN10O. The van der Waals surface area contributed by atoms with Gasteiger partial charge in [-0.05, 0) is 50.1 Å². The third-order valence-electron chi connectivity index (χ3n) is 5.97. The van der Waals surface area contributed by atoms with Crippen LogP contribution >= 0.6 is 0 Å². The average molecular weight is 535 g/mol. The van der Waals surface area contributed by atoms with Gasteiger partial charge < -0.3 is 10.6 Å².